The minimum absolute atomic E-state index is 0.223. The van der Waals surface area contributed by atoms with Crippen LogP contribution in [0.25, 0.3) is 16.8 Å². The zero-order valence-corrected chi connectivity index (χ0v) is 17.7. The molecule has 0 N–H and O–H groups in total. The van der Waals surface area contributed by atoms with Crippen molar-refractivity contribution in [3.63, 3.8) is 0 Å². The number of hydrogen-bond donors (Lipinski definition) is 0. The summed E-state index contributed by atoms with van der Waals surface area (Å²) in [6.07, 6.45) is 1.66. The monoisotopic (exact) mass is 434 g/mol. The van der Waals surface area contributed by atoms with Gasteiger partial charge in [0.25, 0.3) is 5.56 Å². The van der Waals surface area contributed by atoms with Crippen LogP contribution in [0.4, 0.5) is 0 Å². The minimum atomic E-state index is -0.321. The number of halogens is 1. The van der Waals surface area contributed by atoms with Crippen LogP contribution in [0.5, 0.6) is 0 Å². The Hall–Kier alpha value is -3.65. The van der Waals surface area contributed by atoms with Gasteiger partial charge in [-0.3, -0.25) is 14.0 Å². The third-order valence-electron chi connectivity index (χ3n) is 5.27. The van der Waals surface area contributed by atoms with Crippen LogP contribution in [0.2, 0.25) is 5.02 Å². The van der Waals surface area contributed by atoms with E-state index in [2.05, 4.69) is 10.2 Å². The standard InChI is InChI=1S/C22H19ClN6O2/c1-14-3-5-16(6-4-14)12-28-22(31)29-18-13-26(2)24-19(18)20(30)27(21(29)25-28)11-15-7-9-17(23)10-8-15/h3-10,13H,11-12H2,1-2H3. The van der Waals surface area contributed by atoms with Crippen molar-refractivity contribution in [1.82, 2.24) is 28.5 Å². The quantitative estimate of drug-likeness (QED) is 0.435. The minimum Gasteiger partial charge on any atom is -0.273 e. The average molecular weight is 435 g/mol. The molecule has 0 aliphatic heterocycles. The molecule has 8 nitrogen and oxygen atoms in total. The lowest BCUT2D eigenvalue weighted by Gasteiger charge is -2.07. The molecule has 3 heterocycles. The fourth-order valence-corrected chi connectivity index (χ4v) is 3.80. The van der Waals surface area contributed by atoms with Crippen LogP contribution in [0.3, 0.4) is 0 Å². The fraction of sp³-hybridized carbons (Fsp3) is 0.182. The van der Waals surface area contributed by atoms with Crippen LogP contribution >= 0.6 is 11.6 Å². The van der Waals surface area contributed by atoms with Crippen LogP contribution in [-0.4, -0.2) is 28.5 Å². The van der Waals surface area contributed by atoms with E-state index < -0.39 is 0 Å². The first kappa shape index (κ1) is 19.3. The largest absolute Gasteiger partial charge is 0.352 e. The van der Waals surface area contributed by atoms with E-state index in [9.17, 15) is 9.59 Å². The first-order chi connectivity index (χ1) is 14.9. The highest BCUT2D eigenvalue weighted by Gasteiger charge is 2.20. The number of benzene rings is 2. The molecular weight excluding hydrogens is 416 g/mol. The molecule has 31 heavy (non-hydrogen) atoms. The lowest BCUT2D eigenvalue weighted by Crippen LogP contribution is -2.26. The summed E-state index contributed by atoms with van der Waals surface area (Å²) >= 11 is 5.99. The summed E-state index contributed by atoms with van der Waals surface area (Å²) in [6, 6.07) is 15.1. The van der Waals surface area contributed by atoms with E-state index >= 15 is 0 Å². The predicted octanol–water partition coefficient (Wildman–Crippen LogP) is 2.60. The Kier molecular flexibility index (Phi) is 4.51. The maximum atomic E-state index is 13.3. The van der Waals surface area contributed by atoms with Crippen molar-refractivity contribution in [1.29, 1.82) is 0 Å². The van der Waals surface area contributed by atoms with Gasteiger partial charge in [-0.1, -0.05) is 53.6 Å². The normalized spacial score (nSPS) is 11.6. The van der Waals surface area contributed by atoms with E-state index in [-0.39, 0.29) is 29.1 Å². The van der Waals surface area contributed by atoms with Crippen molar-refractivity contribution in [2.45, 2.75) is 20.0 Å². The van der Waals surface area contributed by atoms with Crippen LogP contribution in [-0.2, 0) is 20.1 Å². The van der Waals surface area contributed by atoms with Crippen molar-refractivity contribution in [2.75, 3.05) is 0 Å². The molecule has 0 radical (unpaired) electrons. The van der Waals surface area contributed by atoms with Gasteiger partial charge >= 0.3 is 5.69 Å². The van der Waals surface area contributed by atoms with E-state index in [1.54, 1.807) is 25.4 Å². The first-order valence-electron chi connectivity index (χ1n) is 9.76. The third-order valence-corrected chi connectivity index (χ3v) is 5.52. The highest BCUT2D eigenvalue weighted by atomic mass is 35.5. The summed E-state index contributed by atoms with van der Waals surface area (Å²) in [6.45, 7) is 2.56. The SMILES string of the molecule is Cc1ccc(Cn2nc3n(Cc4ccc(Cl)cc4)c(=O)c4nn(C)cc4n3c2=O)cc1. The van der Waals surface area contributed by atoms with Gasteiger partial charge in [0.2, 0.25) is 5.78 Å². The molecule has 0 spiro atoms. The Labute approximate surface area is 181 Å². The molecule has 156 valence electrons. The van der Waals surface area contributed by atoms with Gasteiger partial charge < -0.3 is 0 Å². The molecule has 2 aromatic carbocycles. The second kappa shape index (κ2) is 7.24. The summed E-state index contributed by atoms with van der Waals surface area (Å²) in [7, 11) is 1.72. The highest BCUT2D eigenvalue weighted by molar-refractivity contribution is 6.30. The molecule has 0 fully saturated rings. The Morgan fingerprint density at radius 1 is 0.903 bits per heavy atom. The molecule has 0 atom stereocenters. The Balaban J connectivity index is 1.73. The Morgan fingerprint density at radius 3 is 2.26 bits per heavy atom. The van der Waals surface area contributed by atoms with Gasteiger partial charge in [-0.15, -0.1) is 5.10 Å². The van der Waals surface area contributed by atoms with Crippen molar-refractivity contribution >= 4 is 28.4 Å². The number of rotatable bonds is 4. The zero-order chi connectivity index (χ0) is 21.7. The molecule has 0 amide bonds. The molecule has 5 rings (SSSR count). The smallest absolute Gasteiger partial charge is 0.273 e. The Morgan fingerprint density at radius 2 is 1.55 bits per heavy atom. The van der Waals surface area contributed by atoms with Gasteiger partial charge in [0, 0.05) is 18.3 Å². The van der Waals surface area contributed by atoms with Gasteiger partial charge in [-0.25, -0.2) is 13.9 Å². The fourth-order valence-electron chi connectivity index (χ4n) is 3.68. The van der Waals surface area contributed by atoms with E-state index in [1.807, 2.05) is 43.3 Å². The summed E-state index contributed by atoms with van der Waals surface area (Å²) in [5.74, 6) is 0.276. The van der Waals surface area contributed by atoms with E-state index in [1.165, 1.54) is 18.3 Å². The number of nitrogens with zero attached hydrogens (tertiary/aromatic N) is 6. The van der Waals surface area contributed by atoms with Gasteiger partial charge in [-0.2, -0.15) is 5.10 Å². The summed E-state index contributed by atoms with van der Waals surface area (Å²) in [4.78, 5) is 26.5. The maximum absolute atomic E-state index is 13.3. The number of aryl methyl sites for hydroxylation is 2. The van der Waals surface area contributed by atoms with Crippen LogP contribution < -0.4 is 11.2 Å². The number of hydrogen-bond acceptors (Lipinski definition) is 4. The molecule has 0 aliphatic rings. The first-order valence-corrected chi connectivity index (χ1v) is 10.1. The topological polar surface area (TPSA) is 79.1 Å². The highest BCUT2D eigenvalue weighted by Crippen LogP contribution is 2.14. The van der Waals surface area contributed by atoms with E-state index in [0.29, 0.717) is 17.1 Å². The molecule has 3 aromatic heterocycles. The third kappa shape index (κ3) is 3.34. The predicted molar refractivity (Wildman–Crippen MR) is 119 cm³/mol. The molecule has 0 bridgehead atoms. The van der Waals surface area contributed by atoms with E-state index in [0.717, 1.165) is 16.7 Å². The summed E-state index contributed by atoms with van der Waals surface area (Å²) in [5, 5.41) is 9.43. The van der Waals surface area contributed by atoms with E-state index in [4.69, 9.17) is 11.6 Å². The summed E-state index contributed by atoms with van der Waals surface area (Å²) < 4.78 is 5.84. The van der Waals surface area contributed by atoms with Crippen LogP contribution in [0.15, 0.2) is 64.3 Å². The number of fused-ring (bicyclic) bond motifs is 3. The van der Waals surface area contributed by atoms with Crippen LogP contribution in [0.1, 0.15) is 16.7 Å². The lowest BCUT2D eigenvalue weighted by atomic mass is 10.1. The maximum Gasteiger partial charge on any atom is 0.352 e. The number of aromatic nitrogens is 6. The molecule has 0 aliphatic carbocycles. The van der Waals surface area contributed by atoms with Gasteiger partial charge in [0.1, 0.15) is 5.52 Å². The van der Waals surface area contributed by atoms with Gasteiger partial charge in [-0.05, 0) is 30.2 Å². The second-order valence-corrected chi connectivity index (χ2v) is 8.05. The van der Waals surface area contributed by atoms with Crippen molar-refractivity contribution in [2.24, 2.45) is 7.05 Å². The Bertz CT molecular complexity index is 1540. The molecule has 9 heteroatoms. The van der Waals surface area contributed by atoms with Gasteiger partial charge in [0.15, 0.2) is 5.52 Å². The molecule has 0 saturated carbocycles. The van der Waals surface area contributed by atoms with Crippen molar-refractivity contribution in [3.8, 4) is 0 Å². The molecule has 0 saturated heterocycles. The summed E-state index contributed by atoms with van der Waals surface area (Å²) in [5.41, 5.74) is 2.99. The van der Waals surface area contributed by atoms with Gasteiger partial charge in [0.05, 0.1) is 13.1 Å². The van der Waals surface area contributed by atoms with Crippen molar-refractivity contribution in [3.05, 3.63) is 97.3 Å². The average Bonchev–Trinajstić information content (AvgIpc) is 3.28. The lowest BCUT2D eigenvalue weighted by molar-refractivity contribution is 0.654. The molecule has 5 aromatic rings. The zero-order valence-electron chi connectivity index (χ0n) is 17.0. The second-order valence-electron chi connectivity index (χ2n) is 7.62. The van der Waals surface area contributed by atoms with Crippen molar-refractivity contribution < 1.29 is 0 Å². The molecule has 0 unspecified atom stereocenters. The molecular formula is C22H19ClN6O2. The van der Waals surface area contributed by atoms with Crippen LogP contribution in [0, 0.1) is 6.92 Å².